The molecule has 0 bridgehead atoms. The Labute approximate surface area is 205 Å². The van der Waals surface area contributed by atoms with Gasteiger partial charge in [0.1, 0.15) is 6.54 Å². The van der Waals surface area contributed by atoms with E-state index in [-0.39, 0.29) is 17.4 Å². The molecule has 3 rings (SSSR count). The van der Waals surface area contributed by atoms with E-state index in [0.29, 0.717) is 27.8 Å². The van der Waals surface area contributed by atoms with Gasteiger partial charge in [0.2, 0.25) is 0 Å². The number of nitrogens with one attached hydrogen (secondary N) is 1. The number of esters is 1. The molecule has 178 valence electrons. The second kappa shape index (κ2) is 11.1. The number of aryl methyl sites for hydroxylation is 1. The molecule has 0 saturated carbocycles. The number of hydrogen-bond donors (Lipinski definition) is 1. The third-order valence-electron chi connectivity index (χ3n) is 4.69. The summed E-state index contributed by atoms with van der Waals surface area (Å²) in [5, 5.41) is 2.68. The Bertz CT molecular complexity index is 1180. The second-order valence-electron chi connectivity index (χ2n) is 7.06. The molecular weight excluding hydrogens is 484 g/mol. The number of carbonyl (C=O) groups excluding carboxylic acids is 4. The minimum Gasteiger partial charge on any atom is -0.493 e. The van der Waals surface area contributed by atoms with Crippen LogP contribution in [0.1, 0.15) is 11.1 Å². The fourth-order valence-corrected chi connectivity index (χ4v) is 3.90. The number of amides is 3. The predicted molar refractivity (Wildman–Crippen MR) is 128 cm³/mol. The van der Waals surface area contributed by atoms with E-state index in [1.807, 2.05) is 6.92 Å². The number of nitrogens with zero attached hydrogens (tertiary/aromatic N) is 1. The maximum atomic E-state index is 12.5. The number of benzene rings is 2. The molecule has 0 unspecified atom stereocenters. The Morgan fingerprint density at radius 3 is 2.56 bits per heavy atom. The molecule has 0 aliphatic carbocycles. The summed E-state index contributed by atoms with van der Waals surface area (Å²) in [5.74, 6) is -1.02. The lowest BCUT2D eigenvalue weighted by Gasteiger charge is -2.12. The number of imide groups is 1. The molecule has 34 heavy (non-hydrogen) atoms. The summed E-state index contributed by atoms with van der Waals surface area (Å²) < 4.78 is 15.4. The Hall–Kier alpha value is -3.50. The lowest BCUT2D eigenvalue weighted by atomic mass is 10.2. The molecule has 2 aromatic carbocycles. The van der Waals surface area contributed by atoms with Gasteiger partial charge in [-0.05, 0) is 60.2 Å². The van der Waals surface area contributed by atoms with Gasteiger partial charge in [0, 0.05) is 10.7 Å². The van der Waals surface area contributed by atoms with Crippen molar-refractivity contribution in [3.05, 3.63) is 57.5 Å². The maximum Gasteiger partial charge on any atom is 0.325 e. The summed E-state index contributed by atoms with van der Waals surface area (Å²) in [6, 6.07) is 10.0. The van der Waals surface area contributed by atoms with Crippen molar-refractivity contribution in [3.63, 3.8) is 0 Å². The molecular formula is C23H21ClN2O7S. The third kappa shape index (κ3) is 6.09. The van der Waals surface area contributed by atoms with Crippen molar-refractivity contribution in [1.82, 2.24) is 4.90 Å². The molecule has 0 radical (unpaired) electrons. The number of ether oxygens (including phenoxy) is 3. The van der Waals surface area contributed by atoms with Gasteiger partial charge in [-0.3, -0.25) is 24.1 Å². The first-order valence-electron chi connectivity index (χ1n) is 9.91. The molecule has 1 aliphatic rings. The van der Waals surface area contributed by atoms with Gasteiger partial charge >= 0.3 is 5.97 Å². The van der Waals surface area contributed by atoms with E-state index in [0.717, 1.165) is 22.2 Å². The van der Waals surface area contributed by atoms with Crippen molar-refractivity contribution in [2.45, 2.75) is 6.92 Å². The van der Waals surface area contributed by atoms with Crippen LogP contribution in [0.2, 0.25) is 5.02 Å². The Morgan fingerprint density at radius 2 is 1.88 bits per heavy atom. The zero-order valence-electron chi connectivity index (χ0n) is 18.5. The van der Waals surface area contributed by atoms with Crippen LogP contribution in [0.15, 0.2) is 41.3 Å². The summed E-state index contributed by atoms with van der Waals surface area (Å²) in [5.41, 5.74) is 2.01. The van der Waals surface area contributed by atoms with Crippen molar-refractivity contribution in [2.75, 3.05) is 32.7 Å². The Balaban J connectivity index is 1.66. The molecule has 1 heterocycles. The molecule has 0 aromatic heterocycles. The van der Waals surface area contributed by atoms with E-state index < -0.39 is 23.7 Å². The Kier molecular flexibility index (Phi) is 8.19. The van der Waals surface area contributed by atoms with Gasteiger partial charge in [-0.1, -0.05) is 23.7 Å². The molecule has 1 saturated heterocycles. The van der Waals surface area contributed by atoms with Crippen LogP contribution in [0.25, 0.3) is 6.08 Å². The lowest BCUT2D eigenvalue weighted by molar-refractivity contribution is -0.143. The molecule has 3 amide bonds. The van der Waals surface area contributed by atoms with Gasteiger partial charge in [0.05, 0.1) is 19.1 Å². The van der Waals surface area contributed by atoms with Crippen LogP contribution in [0, 0.1) is 6.92 Å². The normalized spacial score (nSPS) is 14.4. The SMILES string of the molecule is COC(=O)CN1C(=O)S/C(=C\c2ccc(OCC(=O)Nc3ccc(C)c(Cl)c3)c(OC)c2)C1=O. The molecule has 0 spiro atoms. The Morgan fingerprint density at radius 1 is 1.12 bits per heavy atom. The highest BCUT2D eigenvalue weighted by Crippen LogP contribution is 2.34. The predicted octanol–water partition coefficient (Wildman–Crippen LogP) is 3.88. The molecule has 1 N–H and O–H groups in total. The van der Waals surface area contributed by atoms with Crippen molar-refractivity contribution < 1.29 is 33.4 Å². The molecule has 2 aromatic rings. The van der Waals surface area contributed by atoms with Crippen molar-refractivity contribution in [2.24, 2.45) is 0 Å². The summed E-state index contributed by atoms with van der Waals surface area (Å²) >= 11 is 6.79. The first kappa shape index (κ1) is 25.1. The number of carbonyl (C=O) groups is 4. The van der Waals surface area contributed by atoms with Gasteiger partial charge in [0.25, 0.3) is 17.1 Å². The van der Waals surface area contributed by atoms with Gasteiger partial charge in [-0.2, -0.15) is 0 Å². The number of halogens is 1. The molecule has 0 atom stereocenters. The van der Waals surface area contributed by atoms with Crippen LogP contribution in [-0.2, 0) is 19.1 Å². The number of anilines is 1. The third-order valence-corrected chi connectivity index (χ3v) is 6.00. The standard InChI is InChI=1S/C23H21ClN2O7S/c1-13-4-6-15(10-16(13)24)25-20(27)12-33-17-7-5-14(8-18(17)31-2)9-19-22(29)26(23(30)34-19)11-21(28)32-3/h4-10H,11-12H2,1-3H3,(H,25,27)/b19-9-. The van der Waals surface area contributed by atoms with Gasteiger partial charge < -0.3 is 19.5 Å². The molecule has 1 aliphatic heterocycles. The zero-order valence-corrected chi connectivity index (χ0v) is 20.1. The lowest BCUT2D eigenvalue weighted by Crippen LogP contribution is -2.34. The number of hydrogen-bond acceptors (Lipinski definition) is 8. The molecule has 11 heteroatoms. The van der Waals surface area contributed by atoms with E-state index in [4.69, 9.17) is 21.1 Å². The van der Waals surface area contributed by atoms with Crippen LogP contribution in [0.5, 0.6) is 11.5 Å². The van der Waals surface area contributed by atoms with Gasteiger partial charge in [-0.15, -0.1) is 0 Å². The maximum absolute atomic E-state index is 12.5. The zero-order chi connectivity index (χ0) is 24.8. The van der Waals surface area contributed by atoms with E-state index in [9.17, 15) is 19.2 Å². The average Bonchev–Trinajstić information content (AvgIpc) is 3.07. The average molecular weight is 505 g/mol. The number of thioether (sulfide) groups is 1. The summed E-state index contributed by atoms with van der Waals surface area (Å²) in [6.07, 6.45) is 1.50. The van der Waals surface area contributed by atoms with E-state index >= 15 is 0 Å². The largest absolute Gasteiger partial charge is 0.493 e. The number of methoxy groups -OCH3 is 2. The van der Waals surface area contributed by atoms with Crippen LogP contribution < -0.4 is 14.8 Å². The van der Waals surface area contributed by atoms with Crippen LogP contribution >= 0.6 is 23.4 Å². The fraction of sp³-hybridized carbons (Fsp3) is 0.217. The van der Waals surface area contributed by atoms with E-state index in [2.05, 4.69) is 10.1 Å². The van der Waals surface area contributed by atoms with Crippen molar-refractivity contribution >= 4 is 58.1 Å². The summed E-state index contributed by atoms with van der Waals surface area (Å²) in [4.78, 5) is 49.1. The van der Waals surface area contributed by atoms with E-state index in [1.54, 1.807) is 36.4 Å². The number of rotatable bonds is 8. The minimum atomic E-state index is -0.693. The molecule has 1 fully saturated rings. The highest BCUT2D eigenvalue weighted by molar-refractivity contribution is 8.18. The minimum absolute atomic E-state index is 0.153. The monoisotopic (exact) mass is 504 g/mol. The van der Waals surface area contributed by atoms with Crippen LogP contribution in [0.3, 0.4) is 0 Å². The second-order valence-corrected chi connectivity index (χ2v) is 8.46. The highest BCUT2D eigenvalue weighted by Gasteiger charge is 2.36. The van der Waals surface area contributed by atoms with Crippen LogP contribution in [-0.4, -0.2) is 55.3 Å². The fourth-order valence-electron chi connectivity index (χ4n) is 2.89. The van der Waals surface area contributed by atoms with Crippen molar-refractivity contribution in [3.8, 4) is 11.5 Å². The summed E-state index contributed by atoms with van der Waals surface area (Å²) in [6.45, 7) is 1.14. The topological polar surface area (TPSA) is 111 Å². The van der Waals surface area contributed by atoms with E-state index in [1.165, 1.54) is 20.3 Å². The van der Waals surface area contributed by atoms with Gasteiger partial charge in [-0.25, -0.2) is 0 Å². The quantitative estimate of drug-likeness (QED) is 0.426. The smallest absolute Gasteiger partial charge is 0.325 e. The van der Waals surface area contributed by atoms with Gasteiger partial charge in [0.15, 0.2) is 18.1 Å². The first-order valence-corrected chi connectivity index (χ1v) is 11.1. The van der Waals surface area contributed by atoms with Crippen molar-refractivity contribution in [1.29, 1.82) is 0 Å². The molecule has 9 nitrogen and oxygen atoms in total. The van der Waals surface area contributed by atoms with Crippen LogP contribution in [0.4, 0.5) is 10.5 Å². The highest BCUT2D eigenvalue weighted by atomic mass is 35.5. The summed E-state index contributed by atoms with van der Waals surface area (Å²) in [7, 11) is 2.61. The first-order chi connectivity index (χ1) is 16.2.